The van der Waals surface area contributed by atoms with Gasteiger partial charge in [-0.15, -0.1) is 0 Å². The molecule has 0 radical (unpaired) electrons. The summed E-state index contributed by atoms with van der Waals surface area (Å²) in [4.78, 5) is 36.5. The molecule has 9 heteroatoms. The molecule has 2 aromatic rings. The number of nitrogens with two attached hydrogens (primary N) is 1. The quantitative estimate of drug-likeness (QED) is 0.397. The van der Waals surface area contributed by atoms with Crippen LogP contribution in [0.2, 0.25) is 0 Å². The number of hydrogen-bond donors (Lipinski definition) is 3. The minimum absolute atomic E-state index is 0.0404. The number of benzene rings is 2. The molecule has 4 N–H and O–H groups in total. The largest absolute Gasteiger partial charge is 0.477 e. The first-order valence-corrected chi connectivity index (χ1v) is 12.7. The van der Waals surface area contributed by atoms with Crippen LogP contribution in [-0.2, 0) is 33.9 Å². The van der Waals surface area contributed by atoms with Crippen LogP contribution < -0.4 is 11.1 Å². The van der Waals surface area contributed by atoms with Gasteiger partial charge in [-0.3, -0.25) is 9.59 Å². The van der Waals surface area contributed by atoms with Crippen molar-refractivity contribution in [2.75, 3.05) is 0 Å². The smallest absolute Gasteiger partial charge is 0.374 e. The predicted molar refractivity (Wildman–Crippen MR) is 142 cm³/mol. The van der Waals surface area contributed by atoms with E-state index in [0.29, 0.717) is 26.4 Å². The third-order valence-electron chi connectivity index (χ3n) is 6.47. The lowest BCUT2D eigenvalue weighted by atomic mass is 9.98. The molecule has 0 aliphatic carbocycles. The standard InChI is InChI=1S/C26H33N3O2.C3H4F2O2/c1-3-19(2)25(27)26(31)28-23(14-13-20-9-5-4-6-10-20)15-16-24(30)29-17-21-11-7-8-12-22(21)18-29;1-3(4,5)2(6)7/h4-12,15-16,19,23,25H,3,13-14,17-18,27H2,1-2H3,(H,28,31);1H3,(H,6,7)/b16-15+;/t19-,23+,25+;/m1./s1. The van der Waals surface area contributed by atoms with E-state index in [1.165, 1.54) is 16.7 Å². The van der Waals surface area contributed by atoms with E-state index in [1.807, 2.05) is 55.2 Å². The number of carbonyl (C=O) groups excluding carboxylic acids is 2. The summed E-state index contributed by atoms with van der Waals surface area (Å²) < 4.78 is 22.5. The molecule has 7 nitrogen and oxygen atoms in total. The van der Waals surface area contributed by atoms with Crippen LogP contribution in [0.4, 0.5) is 8.78 Å². The maximum absolute atomic E-state index is 12.8. The number of hydrogen-bond acceptors (Lipinski definition) is 4. The maximum atomic E-state index is 12.8. The molecule has 38 heavy (non-hydrogen) atoms. The number of halogens is 2. The number of carboxylic acids is 1. The second kappa shape index (κ2) is 14.4. The number of nitrogens with zero attached hydrogens (tertiary/aromatic N) is 1. The van der Waals surface area contributed by atoms with Crippen molar-refractivity contribution in [2.45, 2.75) is 71.1 Å². The normalized spacial score (nSPS) is 15.2. The molecule has 0 spiro atoms. The number of rotatable bonds is 10. The topological polar surface area (TPSA) is 113 Å². The lowest BCUT2D eigenvalue weighted by molar-refractivity contribution is -0.161. The second-order valence-electron chi connectivity index (χ2n) is 9.57. The van der Waals surface area contributed by atoms with Crippen molar-refractivity contribution >= 4 is 17.8 Å². The van der Waals surface area contributed by atoms with Gasteiger partial charge in [0.15, 0.2) is 0 Å². The monoisotopic (exact) mass is 529 g/mol. The van der Waals surface area contributed by atoms with Crippen LogP contribution in [0.25, 0.3) is 0 Å². The Labute approximate surface area is 222 Å². The Morgan fingerprint density at radius 1 is 1.08 bits per heavy atom. The molecule has 1 aliphatic rings. The third-order valence-corrected chi connectivity index (χ3v) is 6.47. The summed E-state index contributed by atoms with van der Waals surface area (Å²) in [6, 6.07) is 17.4. The Kier molecular flexibility index (Phi) is 11.6. The van der Waals surface area contributed by atoms with E-state index in [1.54, 1.807) is 6.08 Å². The summed E-state index contributed by atoms with van der Waals surface area (Å²) in [5.74, 6) is -5.78. The molecule has 1 heterocycles. The van der Waals surface area contributed by atoms with Gasteiger partial charge in [0.2, 0.25) is 11.8 Å². The number of carbonyl (C=O) groups is 3. The van der Waals surface area contributed by atoms with E-state index in [9.17, 15) is 23.2 Å². The molecule has 0 unspecified atom stereocenters. The third kappa shape index (κ3) is 9.70. The van der Waals surface area contributed by atoms with E-state index in [2.05, 4.69) is 29.6 Å². The highest BCUT2D eigenvalue weighted by molar-refractivity contribution is 5.88. The fourth-order valence-corrected chi connectivity index (χ4v) is 3.77. The van der Waals surface area contributed by atoms with Gasteiger partial charge in [0, 0.05) is 32.1 Å². The lowest BCUT2D eigenvalue weighted by Crippen LogP contribution is -2.48. The molecular formula is C29H37F2N3O4. The Morgan fingerprint density at radius 3 is 2.11 bits per heavy atom. The molecule has 2 amide bonds. The van der Waals surface area contributed by atoms with E-state index in [4.69, 9.17) is 10.8 Å². The molecule has 0 saturated carbocycles. The Morgan fingerprint density at radius 2 is 1.61 bits per heavy atom. The Hall–Kier alpha value is -3.59. The first-order valence-electron chi connectivity index (χ1n) is 12.7. The van der Waals surface area contributed by atoms with Gasteiger partial charge in [0.1, 0.15) is 0 Å². The highest BCUT2D eigenvalue weighted by Gasteiger charge is 2.31. The minimum Gasteiger partial charge on any atom is -0.477 e. The summed E-state index contributed by atoms with van der Waals surface area (Å²) in [5.41, 5.74) is 9.70. The van der Waals surface area contributed by atoms with Gasteiger partial charge in [-0.2, -0.15) is 8.78 Å². The van der Waals surface area contributed by atoms with Crippen LogP contribution in [-0.4, -0.2) is 45.8 Å². The fourth-order valence-electron chi connectivity index (χ4n) is 3.77. The predicted octanol–water partition coefficient (Wildman–Crippen LogP) is 4.30. The number of nitrogens with one attached hydrogen (secondary N) is 1. The van der Waals surface area contributed by atoms with E-state index in [-0.39, 0.29) is 23.8 Å². The van der Waals surface area contributed by atoms with Crippen molar-refractivity contribution in [1.82, 2.24) is 10.2 Å². The van der Waals surface area contributed by atoms with E-state index < -0.39 is 17.9 Å². The summed E-state index contributed by atoms with van der Waals surface area (Å²) in [7, 11) is 0. The van der Waals surface area contributed by atoms with Gasteiger partial charge in [0.25, 0.3) is 0 Å². The summed E-state index contributed by atoms with van der Waals surface area (Å²) in [6.45, 7) is 5.58. The molecule has 2 aromatic carbocycles. The highest BCUT2D eigenvalue weighted by Crippen LogP contribution is 2.22. The van der Waals surface area contributed by atoms with Crippen molar-refractivity contribution in [3.8, 4) is 0 Å². The Balaban J connectivity index is 0.000000638. The zero-order chi connectivity index (χ0) is 28.3. The van der Waals surface area contributed by atoms with Gasteiger partial charge in [-0.05, 0) is 35.4 Å². The van der Waals surface area contributed by atoms with Crippen molar-refractivity contribution in [3.63, 3.8) is 0 Å². The summed E-state index contributed by atoms with van der Waals surface area (Å²) in [6.07, 6.45) is 5.75. The molecule has 3 atom stereocenters. The zero-order valence-electron chi connectivity index (χ0n) is 22.1. The average Bonchev–Trinajstić information content (AvgIpc) is 3.34. The van der Waals surface area contributed by atoms with E-state index >= 15 is 0 Å². The van der Waals surface area contributed by atoms with Crippen LogP contribution in [0.3, 0.4) is 0 Å². The zero-order valence-corrected chi connectivity index (χ0v) is 22.1. The number of aryl methyl sites for hydroxylation is 1. The van der Waals surface area contributed by atoms with Crippen LogP contribution >= 0.6 is 0 Å². The molecule has 206 valence electrons. The minimum atomic E-state index is -3.58. The van der Waals surface area contributed by atoms with Crippen LogP contribution in [0.15, 0.2) is 66.7 Å². The summed E-state index contributed by atoms with van der Waals surface area (Å²) >= 11 is 0. The molecule has 0 fully saturated rings. The van der Waals surface area contributed by atoms with Crippen molar-refractivity contribution < 1.29 is 28.3 Å². The van der Waals surface area contributed by atoms with Crippen molar-refractivity contribution in [3.05, 3.63) is 83.4 Å². The molecule has 0 bridgehead atoms. The highest BCUT2D eigenvalue weighted by atomic mass is 19.3. The van der Waals surface area contributed by atoms with Crippen LogP contribution in [0.1, 0.15) is 50.3 Å². The van der Waals surface area contributed by atoms with Gasteiger partial charge >= 0.3 is 11.9 Å². The molecule has 3 rings (SSSR count). The van der Waals surface area contributed by atoms with Gasteiger partial charge in [-0.1, -0.05) is 80.9 Å². The van der Waals surface area contributed by atoms with Gasteiger partial charge < -0.3 is 21.1 Å². The number of fused-ring (bicyclic) bond motifs is 1. The number of alkyl halides is 2. The Bertz CT molecular complexity index is 1080. The fraction of sp³-hybridized carbons (Fsp3) is 0.414. The van der Waals surface area contributed by atoms with Crippen LogP contribution in [0, 0.1) is 5.92 Å². The molecule has 1 aliphatic heterocycles. The summed E-state index contributed by atoms with van der Waals surface area (Å²) in [5, 5.41) is 10.5. The first kappa shape index (κ1) is 30.6. The number of carboxylic acid groups (broad SMARTS) is 1. The SMILES string of the molecule is CC(F)(F)C(=O)O.CC[C@@H](C)[C@H](N)C(=O)N[C@H](/C=C/C(=O)N1Cc2ccccc2C1)CCc1ccccc1. The molecule has 0 saturated heterocycles. The average molecular weight is 530 g/mol. The van der Waals surface area contributed by atoms with Crippen molar-refractivity contribution in [1.29, 1.82) is 0 Å². The molecular weight excluding hydrogens is 492 g/mol. The number of aliphatic carboxylic acids is 1. The van der Waals surface area contributed by atoms with Crippen molar-refractivity contribution in [2.24, 2.45) is 11.7 Å². The van der Waals surface area contributed by atoms with Gasteiger partial charge in [0.05, 0.1) is 6.04 Å². The maximum Gasteiger partial charge on any atom is 0.374 e. The first-order chi connectivity index (χ1) is 17.9. The lowest BCUT2D eigenvalue weighted by Gasteiger charge is -2.22. The van der Waals surface area contributed by atoms with Crippen LogP contribution in [0.5, 0.6) is 0 Å². The van der Waals surface area contributed by atoms with E-state index in [0.717, 1.165) is 12.8 Å². The molecule has 0 aromatic heterocycles. The second-order valence-corrected chi connectivity index (χ2v) is 9.57. The number of amides is 2. The van der Waals surface area contributed by atoms with Gasteiger partial charge in [-0.25, -0.2) is 4.79 Å².